The molecule has 0 aliphatic rings. The van der Waals surface area contributed by atoms with Gasteiger partial charge in [0.05, 0.1) is 6.54 Å². The normalized spacial score (nSPS) is 12.2. The third-order valence-electron chi connectivity index (χ3n) is 3.35. The van der Waals surface area contributed by atoms with Crippen LogP contribution < -0.4 is 5.73 Å². The molecule has 0 fully saturated rings. The zero-order chi connectivity index (χ0) is 15.3. The van der Waals surface area contributed by atoms with Gasteiger partial charge in [-0.3, -0.25) is 4.90 Å². The van der Waals surface area contributed by atoms with Crippen molar-refractivity contribution in [3.63, 3.8) is 0 Å². The second-order valence-electron chi connectivity index (χ2n) is 6.10. The van der Waals surface area contributed by atoms with Crippen molar-refractivity contribution in [2.24, 2.45) is 11.1 Å². The summed E-state index contributed by atoms with van der Waals surface area (Å²) in [5, 5.41) is 8.09. The predicted octanol–water partition coefficient (Wildman–Crippen LogP) is 3.00. The number of nitrogens with two attached hydrogens (primary N) is 1. The Morgan fingerprint density at radius 3 is 2.86 bits per heavy atom. The van der Waals surface area contributed by atoms with Crippen LogP contribution in [0.2, 0.25) is 0 Å². The Kier molecular flexibility index (Phi) is 5.50. The lowest BCUT2D eigenvalue weighted by Crippen LogP contribution is -2.38. The summed E-state index contributed by atoms with van der Waals surface area (Å²) in [6.45, 7) is 9.80. The summed E-state index contributed by atoms with van der Waals surface area (Å²) in [6, 6.07) is 2.00. The molecule has 0 bridgehead atoms. The highest BCUT2D eigenvalue weighted by Gasteiger charge is 2.21. The molecule has 0 radical (unpaired) electrons. The summed E-state index contributed by atoms with van der Waals surface area (Å²) in [5.74, 6) is 1.33. The summed E-state index contributed by atoms with van der Waals surface area (Å²) < 4.78 is 5.38. The van der Waals surface area contributed by atoms with Crippen LogP contribution in [0.1, 0.15) is 33.1 Å². The largest absolute Gasteiger partial charge is 0.338 e. The zero-order valence-electron chi connectivity index (χ0n) is 13.0. The molecule has 0 saturated carbocycles. The third kappa shape index (κ3) is 4.62. The van der Waals surface area contributed by atoms with E-state index >= 15 is 0 Å². The van der Waals surface area contributed by atoms with Gasteiger partial charge in [0, 0.05) is 17.5 Å². The van der Waals surface area contributed by atoms with E-state index in [1.165, 1.54) is 0 Å². The van der Waals surface area contributed by atoms with Gasteiger partial charge in [0.25, 0.3) is 0 Å². The number of thiophene rings is 1. The van der Waals surface area contributed by atoms with Crippen molar-refractivity contribution >= 4 is 11.3 Å². The second kappa shape index (κ2) is 7.15. The average Bonchev–Trinajstić information content (AvgIpc) is 3.08. The van der Waals surface area contributed by atoms with Gasteiger partial charge in [0.2, 0.25) is 11.7 Å². The molecule has 6 heteroatoms. The van der Waals surface area contributed by atoms with Crippen LogP contribution in [0.5, 0.6) is 0 Å². The fraction of sp³-hybridized carbons (Fsp3) is 0.600. The van der Waals surface area contributed by atoms with E-state index in [-0.39, 0.29) is 5.41 Å². The second-order valence-corrected chi connectivity index (χ2v) is 6.88. The molecule has 2 N–H and O–H groups in total. The van der Waals surface area contributed by atoms with Crippen LogP contribution in [0.25, 0.3) is 11.4 Å². The maximum Gasteiger partial charge on any atom is 0.241 e. The lowest BCUT2D eigenvalue weighted by molar-refractivity contribution is 0.158. The van der Waals surface area contributed by atoms with Crippen molar-refractivity contribution in [2.45, 2.75) is 33.7 Å². The van der Waals surface area contributed by atoms with E-state index in [1.807, 2.05) is 16.8 Å². The van der Waals surface area contributed by atoms with Crippen molar-refractivity contribution in [1.29, 1.82) is 0 Å². The molecule has 0 aliphatic carbocycles. The molecule has 2 aromatic heterocycles. The van der Waals surface area contributed by atoms with Crippen molar-refractivity contribution in [2.75, 3.05) is 19.6 Å². The molecule has 0 aliphatic heterocycles. The molecule has 21 heavy (non-hydrogen) atoms. The third-order valence-corrected chi connectivity index (χ3v) is 4.03. The van der Waals surface area contributed by atoms with Crippen molar-refractivity contribution in [1.82, 2.24) is 15.0 Å². The Morgan fingerprint density at radius 1 is 1.43 bits per heavy atom. The number of hydrogen-bond donors (Lipinski definition) is 1. The van der Waals surface area contributed by atoms with Crippen LogP contribution in [-0.2, 0) is 6.54 Å². The molecule has 2 rings (SSSR count). The highest BCUT2D eigenvalue weighted by atomic mass is 32.1. The molecule has 116 valence electrons. The van der Waals surface area contributed by atoms with Gasteiger partial charge < -0.3 is 10.3 Å². The molecule has 2 heterocycles. The first-order chi connectivity index (χ1) is 10.0. The molecular weight excluding hydrogens is 284 g/mol. The van der Waals surface area contributed by atoms with Crippen LogP contribution in [0.4, 0.5) is 0 Å². The van der Waals surface area contributed by atoms with Crippen LogP contribution in [-0.4, -0.2) is 34.7 Å². The quantitative estimate of drug-likeness (QED) is 0.812. The summed E-state index contributed by atoms with van der Waals surface area (Å²) in [4.78, 5) is 6.82. The highest BCUT2D eigenvalue weighted by Crippen LogP contribution is 2.20. The molecule has 5 nitrogen and oxygen atoms in total. The first-order valence-electron chi connectivity index (χ1n) is 7.31. The molecule has 0 amide bonds. The van der Waals surface area contributed by atoms with E-state index < -0.39 is 0 Å². The minimum Gasteiger partial charge on any atom is -0.338 e. The van der Waals surface area contributed by atoms with E-state index in [1.54, 1.807) is 11.3 Å². The van der Waals surface area contributed by atoms with Crippen molar-refractivity contribution in [3.8, 4) is 11.4 Å². The Labute approximate surface area is 130 Å². The van der Waals surface area contributed by atoms with Crippen LogP contribution in [0, 0.1) is 5.41 Å². The molecule has 0 atom stereocenters. The maximum atomic E-state index is 5.84. The summed E-state index contributed by atoms with van der Waals surface area (Å²) in [5.41, 5.74) is 6.94. The molecule has 2 aromatic rings. The predicted molar refractivity (Wildman–Crippen MR) is 86.0 cm³/mol. The Hall–Kier alpha value is -1.24. The smallest absolute Gasteiger partial charge is 0.241 e. The summed E-state index contributed by atoms with van der Waals surface area (Å²) >= 11 is 1.63. The van der Waals surface area contributed by atoms with E-state index in [0.29, 0.717) is 24.8 Å². The topological polar surface area (TPSA) is 68.2 Å². The van der Waals surface area contributed by atoms with Gasteiger partial charge >= 0.3 is 0 Å². The van der Waals surface area contributed by atoms with E-state index in [9.17, 15) is 0 Å². The minimum absolute atomic E-state index is 0.0887. The molecule has 0 saturated heterocycles. The SMILES string of the molecule is CCCN(Cc1nc(-c2ccsc2)no1)CC(C)(C)CN. The fourth-order valence-electron chi connectivity index (χ4n) is 2.22. The van der Waals surface area contributed by atoms with Crippen LogP contribution in [0.15, 0.2) is 21.3 Å². The fourth-order valence-corrected chi connectivity index (χ4v) is 2.85. The Morgan fingerprint density at radius 2 is 2.24 bits per heavy atom. The lowest BCUT2D eigenvalue weighted by Gasteiger charge is -2.30. The standard InChI is InChI=1S/C15H24N4OS/c1-4-6-19(11-15(2,3)10-16)8-13-17-14(18-20-13)12-5-7-21-9-12/h5,7,9H,4,6,8,10-11,16H2,1-3H3. The van der Waals surface area contributed by atoms with Crippen molar-refractivity contribution < 1.29 is 4.52 Å². The molecule has 0 aromatic carbocycles. The number of hydrogen-bond acceptors (Lipinski definition) is 6. The summed E-state index contributed by atoms with van der Waals surface area (Å²) in [6.07, 6.45) is 1.09. The van der Waals surface area contributed by atoms with E-state index in [2.05, 4.69) is 35.8 Å². The Bertz CT molecular complexity index is 536. The number of aromatic nitrogens is 2. The zero-order valence-corrected chi connectivity index (χ0v) is 13.8. The molecule has 0 spiro atoms. The monoisotopic (exact) mass is 308 g/mol. The first kappa shape index (κ1) is 16.1. The number of rotatable bonds is 8. The van der Waals surface area contributed by atoms with Gasteiger partial charge in [-0.25, -0.2) is 0 Å². The first-order valence-corrected chi connectivity index (χ1v) is 8.26. The van der Waals surface area contributed by atoms with Gasteiger partial charge in [0.15, 0.2) is 0 Å². The average molecular weight is 308 g/mol. The van der Waals surface area contributed by atoms with Gasteiger partial charge in [-0.2, -0.15) is 16.3 Å². The molecular formula is C15H24N4OS. The maximum absolute atomic E-state index is 5.84. The number of nitrogens with zero attached hydrogens (tertiary/aromatic N) is 3. The van der Waals surface area contributed by atoms with Gasteiger partial charge in [0.1, 0.15) is 0 Å². The van der Waals surface area contributed by atoms with Crippen LogP contribution >= 0.6 is 11.3 Å². The van der Waals surface area contributed by atoms with Gasteiger partial charge in [-0.05, 0) is 36.4 Å². The van der Waals surface area contributed by atoms with Gasteiger partial charge in [-0.15, -0.1) is 0 Å². The van der Waals surface area contributed by atoms with E-state index in [0.717, 1.165) is 25.1 Å². The molecule has 0 unspecified atom stereocenters. The van der Waals surface area contributed by atoms with Gasteiger partial charge in [-0.1, -0.05) is 25.9 Å². The Balaban J connectivity index is 2.03. The van der Waals surface area contributed by atoms with Crippen molar-refractivity contribution in [3.05, 3.63) is 22.7 Å². The lowest BCUT2D eigenvalue weighted by atomic mass is 9.93. The minimum atomic E-state index is 0.0887. The van der Waals surface area contributed by atoms with E-state index in [4.69, 9.17) is 10.3 Å². The highest BCUT2D eigenvalue weighted by molar-refractivity contribution is 7.08. The van der Waals surface area contributed by atoms with Crippen LogP contribution in [0.3, 0.4) is 0 Å². The summed E-state index contributed by atoms with van der Waals surface area (Å²) in [7, 11) is 0.